The van der Waals surface area contributed by atoms with E-state index < -0.39 is 52.4 Å². The first-order valence-electron chi connectivity index (χ1n) is 20.4. The van der Waals surface area contributed by atoms with E-state index in [1.165, 1.54) is 18.2 Å². The summed E-state index contributed by atoms with van der Waals surface area (Å²) < 4.78 is 58.3. The molecule has 318 valence electrons. The summed E-state index contributed by atoms with van der Waals surface area (Å²) in [6.45, 7) is 4.52. The average Bonchev–Trinajstić information content (AvgIpc) is 3.79. The number of carbonyl (C=O) groups is 1. The minimum Gasteiger partial charge on any atom is -0.497 e. The second-order valence-corrected chi connectivity index (χ2v) is 18.6. The van der Waals surface area contributed by atoms with E-state index in [1.807, 2.05) is 17.0 Å². The minimum atomic E-state index is -4.61. The largest absolute Gasteiger partial charge is 0.497 e. The number of alkyl halides is 3. The summed E-state index contributed by atoms with van der Waals surface area (Å²) >= 11 is 6.39. The van der Waals surface area contributed by atoms with Crippen LogP contribution in [-0.4, -0.2) is 82.8 Å². The topological polar surface area (TPSA) is 133 Å². The van der Waals surface area contributed by atoms with Crippen LogP contribution in [0.3, 0.4) is 0 Å². The van der Waals surface area contributed by atoms with Gasteiger partial charge in [-0.15, -0.1) is 0 Å². The number of rotatable bonds is 12. The minimum absolute atomic E-state index is 0.0138. The zero-order valence-corrected chi connectivity index (χ0v) is 34.6. The van der Waals surface area contributed by atoms with Crippen LogP contribution in [0.15, 0.2) is 76.7 Å². The summed E-state index contributed by atoms with van der Waals surface area (Å²) in [5.74, 6) is 0.614. The van der Waals surface area contributed by atoms with Crippen molar-refractivity contribution in [3.05, 3.63) is 94.2 Å². The Morgan fingerprint density at radius 2 is 1.71 bits per heavy atom. The predicted octanol–water partition coefficient (Wildman–Crippen LogP) is 8.27. The Balaban J connectivity index is 1.18. The van der Waals surface area contributed by atoms with Crippen LogP contribution in [-0.2, 0) is 12.7 Å². The molecule has 1 aromatic heterocycles. The number of halogens is 4. The summed E-state index contributed by atoms with van der Waals surface area (Å²) in [5, 5.41) is 44.9. The zero-order chi connectivity index (χ0) is 42.3. The molecule has 1 heterocycles. The number of methoxy groups -OCH3 is 2. The molecular weight excluding hydrogens is 787 g/mol. The number of fused-ring (bicyclic) bond motifs is 1. The summed E-state index contributed by atoms with van der Waals surface area (Å²) in [6.07, 6.45) is 4.44. The molecule has 6 aliphatic carbocycles. The normalized spacial score (nSPS) is 33.9. The van der Waals surface area contributed by atoms with Gasteiger partial charge in [0.25, 0.3) is 0 Å². The number of Topliss-reactive ketones (excluding diaryl/α,β-unsaturated/α-hetero) is 1. The maximum Gasteiger partial charge on any atom is 0.416 e. The molecular formula is C46H53ClF3NO8. The maximum atomic E-state index is 15.1. The lowest BCUT2D eigenvalue weighted by molar-refractivity contribution is -0.177. The molecule has 3 fully saturated rings. The molecule has 9 unspecified atom stereocenters. The quantitative estimate of drug-likeness (QED) is 0.105. The van der Waals surface area contributed by atoms with Gasteiger partial charge in [-0.3, -0.25) is 9.69 Å². The number of furan rings is 1. The monoisotopic (exact) mass is 839 g/mol. The Labute approximate surface area is 347 Å². The van der Waals surface area contributed by atoms with E-state index in [0.29, 0.717) is 62.1 Å². The van der Waals surface area contributed by atoms with Crippen molar-refractivity contribution in [3.63, 3.8) is 0 Å². The molecule has 13 heteroatoms. The molecule has 9 rings (SSSR count). The van der Waals surface area contributed by atoms with Crippen LogP contribution < -0.4 is 9.47 Å². The van der Waals surface area contributed by atoms with Crippen LogP contribution >= 0.6 is 11.6 Å². The number of ether oxygens (including phenoxy) is 2. The number of nitrogens with zero attached hydrogens (tertiary/aromatic N) is 1. The molecule has 0 radical (unpaired) electrons. The Morgan fingerprint density at radius 3 is 2.42 bits per heavy atom. The second-order valence-electron chi connectivity index (χ2n) is 18.2. The molecule has 0 saturated heterocycles. The van der Waals surface area contributed by atoms with Gasteiger partial charge in [0.1, 0.15) is 17.3 Å². The van der Waals surface area contributed by atoms with Gasteiger partial charge in [-0.2, -0.15) is 13.2 Å². The molecule has 3 saturated carbocycles. The molecule has 3 aromatic rings. The van der Waals surface area contributed by atoms with Crippen LogP contribution in [0, 0.1) is 33.5 Å². The van der Waals surface area contributed by atoms with E-state index in [0.717, 1.165) is 24.1 Å². The highest BCUT2D eigenvalue weighted by atomic mass is 35.5. The highest BCUT2D eigenvalue weighted by Gasteiger charge is 2.74. The van der Waals surface area contributed by atoms with Gasteiger partial charge >= 0.3 is 6.18 Å². The fraction of sp³-hybridized carbons (Fsp3) is 0.543. The predicted molar refractivity (Wildman–Crippen MR) is 215 cm³/mol. The van der Waals surface area contributed by atoms with Crippen molar-refractivity contribution in [2.75, 3.05) is 33.9 Å². The van der Waals surface area contributed by atoms with Crippen LogP contribution in [0.1, 0.15) is 80.5 Å². The van der Waals surface area contributed by atoms with Crippen LogP contribution in [0.4, 0.5) is 13.2 Å². The van der Waals surface area contributed by atoms with Crippen LogP contribution in [0.5, 0.6) is 11.5 Å². The third-order valence-electron chi connectivity index (χ3n) is 15.4. The number of allylic oxidation sites excluding steroid dienone is 4. The zero-order valence-electron chi connectivity index (χ0n) is 33.8. The lowest BCUT2D eigenvalue weighted by Crippen LogP contribution is -2.67. The van der Waals surface area contributed by atoms with Crippen molar-refractivity contribution in [3.8, 4) is 22.8 Å². The van der Waals surface area contributed by atoms with E-state index in [-0.39, 0.29) is 58.2 Å². The molecule has 2 aromatic carbocycles. The lowest BCUT2D eigenvalue weighted by Gasteiger charge is -2.71. The van der Waals surface area contributed by atoms with Crippen LogP contribution in [0.25, 0.3) is 11.3 Å². The molecule has 2 bridgehead atoms. The molecule has 9 atom stereocenters. The highest BCUT2D eigenvalue weighted by molar-refractivity contribution is 6.33. The molecule has 6 aliphatic rings. The molecule has 59 heavy (non-hydrogen) atoms. The lowest BCUT2D eigenvalue weighted by atomic mass is 9.32. The summed E-state index contributed by atoms with van der Waals surface area (Å²) in [5.41, 5.74) is -3.26. The summed E-state index contributed by atoms with van der Waals surface area (Å²) in [4.78, 5) is 17.1. The van der Waals surface area contributed by atoms with Gasteiger partial charge in [-0.25, -0.2) is 0 Å². The number of hydrogen-bond acceptors (Lipinski definition) is 9. The van der Waals surface area contributed by atoms with Crippen molar-refractivity contribution >= 4 is 17.4 Å². The Bertz CT molecular complexity index is 2190. The second kappa shape index (κ2) is 14.8. The van der Waals surface area contributed by atoms with Crippen molar-refractivity contribution in [2.45, 2.75) is 89.3 Å². The van der Waals surface area contributed by atoms with Gasteiger partial charge in [0.2, 0.25) is 5.78 Å². The number of aliphatic hydroxyl groups excluding tert-OH is 3. The van der Waals surface area contributed by atoms with E-state index in [1.54, 1.807) is 20.3 Å². The maximum absolute atomic E-state index is 15.1. The number of benzene rings is 2. The molecule has 4 N–H and O–H groups in total. The summed E-state index contributed by atoms with van der Waals surface area (Å²) in [6, 6.07) is 11.4. The van der Waals surface area contributed by atoms with Crippen molar-refractivity contribution in [1.29, 1.82) is 0 Å². The molecule has 0 aliphatic heterocycles. The Morgan fingerprint density at radius 1 is 0.983 bits per heavy atom. The molecule has 9 nitrogen and oxygen atoms in total. The van der Waals surface area contributed by atoms with Crippen molar-refractivity contribution in [2.24, 2.45) is 33.5 Å². The number of aliphatic hydroxyl groups is 4. The summed E-state index contributed by atoms with van der Waals surface area (Å²) in [7, 11) is 3.14. The smallest absolute Gasteiger partial charge is 0.416 e. The van der Waals surface area contributed by atoms with Crippen molar-refractivity contribution in [1.82, 2.24) is 4.90 Å². The van der Waals surface area contributed by atoms with Crippen LogP contribution in [0.2, 0.25) is 5.02 Å². The third-order valence-corrected chi connectivity index (χ3v) is 15.7. The first-order valence-corrected chi connectivity index (χ1v) is 20.8. The molecule has 2 spiro atoms. The standard InChI is InChI=1S/C46H53ClF3NO8/c1-41-14-11-29(53)21-43(41)17-18-45(33(22-43)40(55)36-10-9-35(59-36)32-19-28(46(48,49)50)6-8-34(32)47)38(41)12-15-42(2)39(45)13-16-44(42,56)26-51(24-30(54)25-52)23-27-5-7-31(57-3)20-37(27)58-4/h5-10,17-20,22,29-30,38-39,52-54,56H,11-16,21,23-26H2,1-4H3. The number of hydrogen-bond donors (Lipinski definition) is 4. The van der Waals surface area contributed by atoms with E-state index in [4.69, 9.17) is 25.5 Å². The van der Waals surface area contributed by atoms with Gasteiger partial charge in [-0.05, 0) is 98.6 Å². The Hall–Kier alpha value is -3.65. The Kier molecular flexibility index (Phi) is 10.5. The fourth-order valence-electron chi connectivity index (χ4n) is 12.4. The average molecular weight is 840 g/mol. The first kappa shape index (κ1) is 42.1. The van der Waals surface area contributed by atoms with Gasteiger partial charge in [0.05, 0.1) is 49.2 Å². The number of carbonyl (C=O) groups excluding carboxylic acids is 1. The van der Waals surface area contributed by atoms with Gasteiger partial charge < -0.3 is 34.3 Å². The van der Waals surface area contributed by atoms with Gasteiger partial charge in [-0.1, -0.05) is 49.7 Å². The third kappa shape index (κ3) is 6.50. The van der Waals surface area contributed by atoms with Crippen molar-refractivity contribution < 1.29 is 52.3 Å². The first-order chi connectivity index (χ1) is 27.9. The van der Waals surface area contributed by atoms with E-state index in [2.05, 4.69) is 32.1 Å². The van der Waals surface area contributed by atoms with E-state index in [9.17, 15) is 33.6 Å². The van der Waals surface area contributed by atoms with Gasteiger partial charge in [0, 0.05) is 58.6 Å². The van der Waals surface area contributed by atoms with E-state index >= 15 is 4.79 Å². The van der Waals surface area contributed by atoms with Gasteiger partial charge in [0.15, 0.2) is 5.76 Å². The highest BCUT2D eigenvalue weighted by Crippen LogP contribution is 2.78. The molecule has 0 amide bonds. The SMILES string of the molecule is COc1ccc(CN(CC(O)CO)CC2(O)CCC3C45C=CC6(C=C4C(=O)c4ccc(-c7cc(C(F)(F)F)ccc7Cl)o4)CC(O)CCC6(C)C5CCC32C)c(OC)c1. The number of ketones is 1. The fourth-order valence-corrected chi connectivity index (χ4v) is 12.6.